The molecule has 4 saturated heterocycles. The number of nitrogens with zero attached hydrogens (tertiary/aromatic N) is 4. The zero-order valence-electron chi connectivity index (χ0n) is 45.8. The third-order valence-electron chi connectivity index (χ3n) is 15.3. The Bertz CT molecular complexity index is 3230. The Morgan fingerprint density at radius 1 is 0.617 bits per heavy atom. The molecule has 4 aliphatic heterocycles. The maximum atomic E-state index is 13.6. The number of aromatic nitrogens is 2. The predicted molar refractivity (Wildman–Crippen MR) is 295 cm³/mol. The third-order valence-corrected chi connectivity index (χ3v) is 15.3. The summed E-state index contributed by atoms with van der Waals surface area (Å²) in [7, 11) is 0. The fourth-order valence-corrected chi connectivity index (χ4v) is 10.5. The molecule has 2 spiro atoms. The number of halogens is 6. The molecule has 4 fully saturated rings. The van der Waals surface area contributed by atoms with Gasteiger partial charge in [0, 0.05) is 62.5 Å². The van der Waals surface area contributed by atoms with Crippen molar-refractivity contribution in [1.82, 2.24) is 25.9 Å². The second-order valence-electron chi connectivity index (χ2n) is 22.6. The monoisotopic (exact) mass is 1120 g/mol. The van der Waals surface area contributed by atoms with Crippen LogP contribution in [0.15, 0.2) is 122 Å². The van der Waals surface area contributed by atoms with Gasteiger partial charge in [-0.25, -0.2) is 4.79 Å². The van der Waals surface area contributed by atoms with Crippen LogP contribution in [0.1, 0.15) is 114 Å². The van der Waals surface area contributed by atoms with E-state index in [0.29, 0.717) is 44.5 Å². The molecule has 81 heavy (non-hydrogen) atoms. The number of rotatable bonds is 13. The summed E-state index contributed by atoms with van der Waals surface area (Å²) in [5, 5.41) is 8.60. The molecule has 20 heteroatoms. The number of benzene rings is 4. The van der Waals surface area contributed by atoms with Gasteiger partial charge in [-0.1, -0.05) is 60.7 Å². The van der Waals surface area contributed by atoms with Crippen molar-refractivity contribution < 1.29 is 54.9 Å². The van der Waals surface area contributed by atoms with Gasteiger partial charge in [-0.2, -0.15) is 26.3 Å². The predicted octanol–water partition coefficient (Wildman–Crippen LogP) is 11.5. The highest BCUT2D eigenvalue weighted by Gasteiger charge is 2.46. The van der Waals surface area contributed by atoms with E-state index in [4.69, 9.17) is 19.9 Å². The first-order valence-corrected chi connectivity index (χ1v) is 26.8. The van der Waals surface area contributed by atoms with Crippen LogP contribution in [0.5, 0.6) is 0 Å². The van der Waals surface area contributed by atoms with E-state index in [9.17, 15) is 40.7 Å². The van der Waals surface area contributed by atoms with Crippen molar-refractivity contribution in [2.24, 2.45) is 16.6 Å². The highest BCUT2D eigenvalue weighted by molar-refractivity contribution is 5.95. The molecule has 3 amide bonds. The van der Waals surface area contributed by atoms with Crippen LogP contribution < -0.4 is 31.5 Å². The summed E-state index contributed by atoms with van der Waals surface area (Å²) in [6.07, 6.45) is -0.872. The van der Waals surface area contributed by atoms with Gasteiger partial charge < -0.3 is 45.7 Å². The van der Waals surface area contributed by atoms with Gasteiger partial charge in [-0.15, -0.1) is 0 Å². The Labute approximate surface area is 466 Å². The van der Waals surface area contributed by atoms with Gasteiger partial charge in [0.05, 0.1) is 84.5 Å². The smallest absolute Gasteiger partial charge is 0.416 e. The van der Waals surface area contributed by atoms with Gasteiger partial charge >= 0.3 is 18.4 Å². The van der Waals surface area contributed by atoms with Crippen LogP contribution in [-0.4, -0.2) is 86.1 Å². The molecule has 14 nitrogen and oxygen atoms in total. The lowest BCUT2D eigenvalue weighted by Crippen LogP contribution is -2.44. The number of carbonyl (C=O) groups excluding carboxylic acids is 3. The number of alkyl carbamates (subject to hydrolysis) is 1. The summed E-state index contributed by atoms with van der Waals surface area (Å²) in [6.45, 7) is 15.7. The molecule has 4 aliphatic rings. The van der Waals surface area contributed by atoms with Crippen molar-refractivity contribution >= 4 is 29.3 Å². The van der Waals surface area contributed by atoms with Gasteiger partial charge in [-0.3, -0.25) is 19.6 Å². The van der Waals surface area contributed by atoms with Crippen LogP contribution in [0.25, 0.3) is 22.3 Å². The summed E-state index contributed by atoms with van der Waals surface area (Å²) in [5.41, 5.74) is 11.4. The van der Waals surface area contributed by atoms with E-state index in [-0.39, 0.29) is 47.8 Å². The first kappa shape index (κ1) is 58.1. The molecule has 2 aromatic heterocycles. The van der Waals surface area contributed by atoms with Crippen molar-refractivity contribution in [3.05, 3.63) is 166 Å². The minimum absolute atomic E-state index is 0.0180. The van der Waals surface area contributed by atoms with Gasteiger partial charge in [0.25, 0.3) is 11.8 Å². The molecule has 6 heterocycles. The maximum absolute atomic E-state index is 13.6. The number of amides is 3. The summed E-state index contributed by atoms with van der Waals surface area (Å²) < 4.78 is 96.5. The molecular formula is C61H66F6N8O6. The SMILES string of the molecule is C[C@@H](NC(=O)c1cncc(N2CCC3(COC3)C2)c1)c1ccc(-c2cc(C(F)(F)F)ccc2CN)cc1.C[C@@H](NC(=O)c1cncc(N2CCC3(COC3)C2)c1)c1ccc(-c2cc(C(F)(F)F)ccc2CNC(=O)OC(C)(C)C)cc1. The van der Waals surface area contributed by atoms with E-state index >= 15 is 0 Å². The molecule has 0 saturated carbocycles. The van der Waals surface area contributed by atoms with Gasteiger partial charge in [0.2, 0.25) is 0 Å². The van der Waals surface area contributed by atoms with Crippen LogP contribution in [-0.2, 0) is 39.7 Å². The number of hydrogen-bond donors (Lipinski definition) is 4. The van der Waals surface area contributed by atoms with Gasteiger partial charge in [0.1, 0.15) is 5.60 Å². The number of pyridine rings is 2. The number of alkyl halides is 6. The zero-order valence-corrected chi connectivity index (χ0v) is 45.8. The minimum atomic E-state index is -4.53. The quantitative estimate of drug-likeness (QED) is 0.0811. The Morgan fingerprint density at radius 2 is 1.04 bits per heavy atom. The average molecular weight is 1120 g/mol. The number of hydrogen-bond acceptors (Lipinski definition) is 11. The second kappa shape index (κ2) is 23.5. The molecule has 4 aromatic carbocycles. The summed E-state index contributed by atoms with van der Waals surface area (Å²) >= 11 is 0. The number of anilines is 2. The number of nitrogens with one attached hydrogen (secondary N) is 3. The Morgan fingerprint density at radius 3 is 1.41 bits per heavy atom. The molecule has 6 aromatic rings. The molecular weight excluding hydrogens is 1050 g/mol. The maximum Gasteiger partial charge on any atom is 0.416 e. The summed E-state index contributed by atoms with van der Waals surface area (Å²) in [5.74, 6) is -0.514. The van der Waals surface area contributed by atoms with E-state index in [2.05, 4.69) is 35.7 Å². The van der Waals surface area contributed by atoms with Crippen molar-refractivity contribution in [2.45, 2.75) is 90.6 Å². The van der Waals surface area contributed by atoms with Crippen LogP contribution in [0, 0.1) is 10.8 Å². The summed E-state index contributed by atoms with van der Waals surface area (Å²) in [6, 6.07) is 24.1. The van der Waals surface area contributed by atoms with E-state index in [1.54, 1.807) is 87.9 Å². The lowest BCUT2D eigenvalue weighted by molar-refractivity contribution is -0.138. The molecule has 5 N–H and O–H groups in total. The highest BCUT2D eigenvalue weighted by atomic mass is 19.4. The third kappa shape index (κ3) is 14.0. The zero-order chi connectivity index (χ0) is 57.9. The summed E-state index contributed by atoms with van der Waals surface area (Å²) in [4.78, 5) is 51.4. The molecule has 0 unspecified atom stereocenters. The van der Waals surface area contributed by atoms with Crippen LogP contribution >= 0.6 is 0 Å². The lowest BCUT2D eigenvalue weighted by atomic mass is 9.85. The van der Waals surface area contributed by atoms with Crippen molar-refractivity contribution in [1.29, 1.82) is 0 Å². The molecule has 0 aliphatic carbocycles. The fraction of sp³-hybridized carbons (Fsp3) is 0.393. The van der Waals surface area contributed by atoms with Gasteiger partial charge in [0.15, 0.2) is 0 Å². The average Bonchev–Trinajstić information content (AvgIpc) is 4.29. The van der Waals surface area contributed by atoms with E-state index in [1.807, 2.05) is 26.0 Å². The number of nitrogens with two attached hydrogens (primary N) is 1. The van der Waals surface area contributed by atoms with Crippen molar-refractivity contribution in [3.63, 3.8) is 0 Å². The first-order chi connectivity index (χ1) is 38.4. The van der Waals surface area contributed by atoms with Gasteiger partial charge in [-0.05, 0) is 128 Å². The van der Waals surface area contributed by atoms with E-state index in [0.717, 1.165) is 112 Å². The molecule has 0 radical (unpaired) electrons. The minimum Gasteiger partial charge on any atom is -0.444 e. The van der Waals surface area contributed by atoms with E-state index in [1.165, 1.54) is 18.3 Å². The fourth-order valence-electron chi connectivity index (χ4n) is 10.5. The van der Waals surface area contributed by atoms with Crippen LogP contribution in [0.4, 0.5) is 42.5 Å². The topological polar surface area (TPSA) is 173 Å². The Balaban J connectivity index is 0.000000198. The normalized spacial score (nSPS) is 17.1. The number of ether oxygens (including phenoxy) is 3. The molecule has 0 bridgehead atoms. The second-order valence-corrected chi connectivity index (χ2v) is 22.6. The van der Waals surface area contributed by atoms with Crippen molar-refractivity contribution in [3.8, 4) is 22.3 Å². The van der Waals surface area contributed by atoms with Crippen molar-refractivity contribution in [2.75, 3.05) is 62.4 Å². The molecule has 2 atom stereocenters. The first-order valence-electron chi connectivity index (χ1n) is 26.8. The van der Waals surface area contributed by atoms with Crippen LogP contribution in [0.3, 0.4) is 0 Å². The molecule has 10 rings (SSSR count). The largest absolute Gasteiger partial charge is 0.444 e. The highest BCUT2D eigenvalue weighted by Crippen LogP contribution is 2.42. The lowest BCUT2D eigenvalue weighted by Gasteiger charge is -2.37. The van der Waals surface area contributed by atoms with Crippen LogP contribution in [0.2, 0.25) is 0 Å². The number of carbonyl (C=O) groups is 3. The molecule has 428 valence electrons. The Hall–Kier alpha value is -7.55. The van der Waals surface area contributed by atoms with E-state index < -0.39 is 35.2 Å². The Kier molecular flexibility index (Phi) is 16.9. The standard InChI is InChI=1S/C33H37F3N4O4.C28H29F3N4O2/c1-21(39-29(41)25-13-27(17-37-15-25)40-12-11-32(18-40)19-43-20-32)22-5-7-23(8-6-22)28-14-26(33(34,35)36)10-9-24(28)16-38-30(42)44-31(2,3)4;1-18(19-2-4-20(5-3-19)25-11-23(28(29,30)31)7-6-21(25)12-32)34-26(36)22-10-24(14-33-13-22)35-9-8-27(15-35)16-37-17-27/h5-10,13-15,17,21H,11-12,16,18-20H2,1-4H3,(H,38,42)(H,39,41);2-7,10-11,13-14,18H,8-9,12,15-17,32H2,1H3,(H,34,36)/t21-;18-/m11/s1.